The molecule has 2 aliphatic rings. The molecule has 48 heavy (non-hydrogen) atoms. The molecule has 0 aliphatic heterocycles. The Balaban J connectivity index is 0.000000353. The highest BCUT2D eigenvalue weighted by Crippen LogP contribution is 2.29. The van der Waals surface area contributed by atoms with Crippen LogP contribution in [0.3, 0.4) is 0 Å². The van der Waals surface area contributed by atoms with Gasteiger partial charge in [-0.2, -0.15) is 0 Å². The molecule has 3 amide bonds. The van der Waals surface area contributed by atoms with Crippen LogP contribution in [0, 0.1) is 5.92 Å². The van der Waals surface area contributed by atoms with Gasteiger partial charge < -0.3 is 54.2 Å². The number of hydrogen-bond acceptors (Lipinski definition) is 11. The van der Waals surface area contributed by atoms with Gasteiger partial charge in [-0.25, -0.2) is 14.4 Å². The van der Waals surface area contributed by atoms with Crippen molar-refractivity contribution in [1.29, 1.82) is 0 Å². The molecular formula is C33H53N3O12. The van der Waals surface area contributed by atoms with Gasteiger partial charge in [-0.15, -0.1) is 0 Å². The first kappa shape index (κ1) is 40.5. The molecule has 1 aromatic carbocycles. The molecule has 0 aromatic heterocycles. The second-order valence-electron chi connectivity index (χ2n) is 13.6. The van der Waals surface area contributed by atoms with Gasteiger partial charge in [0.1, 0.15) is 31.4 Å². The first-order chi connectivity index (χ1) is 22.5. The predicted octanol–water partition coefficient (Wildman–Crippen LogP) is 4.32. The molecule has 4 N–H and O–H groups in total. The number of nitrogens with one attached hydrogen (secondary N) is 3. The van der Waals surface area contributed by atoms with Gasteiger partial charge in [0.25, 0.3) is 0 Å². The van der Waals surface area contributed by atoms with E-state index in [9.17, 15) is 19.2 Å². The summed E-state index contributed by atoms with van der Waals surface area (Å²) in [7, 11) is 3.02. The number of amides is 3. The normalized spacial score (nSPS) is 23.7. The summed E-state index contributed by atoms with van der Waals surface area (Å²) < 4.78 is 36.6. The van der Waals surface area contributed by atoms with Crippen LogP contribution in [0.4, 0.5) is 14.4 Å². The average molecular weight is 684 g/mol. The summed E-state index contributed by atoms with van der Waals surface area (Å²) in [4.78, 5) is 47.0. The van der Waals surface area contributed by atoms with Crippen molar-refractivity contribution in [3.8, 4) is 0 Å². The van der Waals surface area contributed by atoms with Gasteiger partial charge in [0.05, 0.1) is 30.2 Å². The summed E-state index contributed by atoms with van der Waals surface area (Å²) >= 11 is 0. The summed E-state index contributed by atoms with van der Waals surface area (Å²) in [6.07, 6.45) is -0.566. The number of aliphatic carboxylic acids is 1. The number of methoxy groups -OCH3 is 2. The quantitative estimate of drug-likeness (QED) is 0.181. The molecule has 0 unspecified atom stereocenters. The second-order valence-corrected chi connectivity index (χ2v) is 13.6. The minimum absolute atomic E-state index is 0.0590. The lowest BCUT2D eigenvalue weighted by Crippen LogP contribution is -2.44. The molecule has 6 atom stereocenters. The molecule has 2 saturated carbocycles. The van der Waals surface area contributed by atoms with E-state index >= 15 is 0 Å². The average Bonchev–Trinajstić information content (AvgIpc) is 3.55. The Bertz CT molecular complexity index is 1150. The van der Waals surface area contributed by atoms with Crippen molar-refractivity contribution in [2.24, 2.45) is 5.92 Å². The zero-order valence-corrected chi connectivity index (χ0v) is 29.2. The molecule has 15 nitrogen and oxygen atoms in total. The molecule has 2 aliphatic carbocycles. The standard InChI is InChI=1S/C20H30N2O6.C13H23NO6/c1-20(2,3)28-19(24)22-16-10-15(11-17(16)27-13-25-4)21-18(23)26-12-14-8-6-5-7-9-14;1-13(2,3)20-12(17)14-9-5-8(11(15)16)6-10(9)19-7-18-4/h5-9,15-17H,10-13H2,1-4H3,(H,21,23)(H,22,24);8-10H,5-7H2,1-4H3,(H,14,17)(H,15,16)/t15-,16+,17-;8-,9+,10-/m11/s1. The Morgan fingerprint density at radius 2 is 1.21 bits per heavy atom. The Hall–Kier alpha value is -3.66. The zero-order chi connectivity index (χ0) is 35.9. The SMILES string of the molecule is COCO[C@@H]1C[C@H](C(=O)O)C[C@@H]1NC(=O)OC(C)(C)C.COCO[C@@H]1C[C@H](NC(=O)OCc2ccccc2)C[C@@H]1NC(=O)OC(C)(C)C. The maximum absolute atomic E-state index is 12.1. The summed E-state index contributed by atoms with van der Waals surface area (Å²) in [5, 5.41) is 17.4. The number of carbonyl (C=O) groups excluding carboxylic acids is 3. The van der Waals surface area contributed by atoms with Crippen LogP contribution in [-0.2, 0) is 44.6 Å². The number of carboxylic acid groups (broad SMARTS) is 1. The van der Waals surface area contributed by atoms with Crippen LogP contribution < -0.4 is 16.0 Å². The highest BCUT2D eigenvalue weighted by molar-refractivity contribution is 5.72. The molecule has 2 fully saturated rings. The molecule has 3 rings (SSSR count). The van der Waals surface area contributed by atoms with Crippen molar-refractivity contribution in [1.82, 2.24) is 16.0 Å². The Morgan fingerprint density at radius 3 is 1.69 bits per heavy atom. The minimum Gasteiger partial charge on any atom is -0.481 e. The van der Waals surface area contributed by atoms with Crippen molar-refractivity contribution in [2.45, 2.75) is 115 Å². The molecule has 1 aromatic rings. The molecular weight excluding hydrogens is 630 g/mol. The monoisotopic (exact) mass is 683 g/mol. The third kappa shape index (κ3) is 16.0. The predicted molar refractivity (Wildman–Crippen MR) is 173 cm³/mol. The van der Waals surface area contributed by atoms with E-state index in [-0.39, 0.29) is 50.5 Å². The van der Waals surface area contributed by atoms with Gasteiger partial charge in [-0.05, 0) is 72.8 Å². The van der Waals surface area contributed by atoms with Gasteiger partial charge in [0.15, 0.2) is 0 Å². The maximum atomic E-state index is 12.1. The first-order valence-electron chi connectivity index (χ1n) is 15.9. The third-order valence-corrected chi connectivity index (χ3v) is 7.10. The van der Waals surface area contributed by atoms with E-state index in [0.717, 1.165) is 5.56 Å². The van der Waals surface area contributed by atoms with Crippen molar-refractivity contribution in [2.75, 3.05) is 27.8 Å². The smallest absolute Gasteiger partial charge is 0.407 e. The number of rotatable bonds is 12. The third-order valence-electron chi connectivity index (χ3n) is 7.10. The fraction of sp³-hybridized carbons (Fsp3) is 0.697. The fourth-order valence-corrected chi connectivity index (χ4v) is 5.15. The van der Waals surface area contributed by atoms with Crippen molar-refractivity contribution >= 4 is 24.2 Å². The van der Waals surface area contributed by atoms with E-state index < -0.39 is 41.4 Å². The van der Waals surface area contributed by atoms with Crippen molar-refractivity contribution in [3.05, 3.63) is 35.9 Å². The first-order valence-corrected chi connectivity index (χ1v) is 15.9. The van der Waals surface area contributed by atoms with Gasteiger partial charge >= 0.3 is 24.2 Å². The summed E-state index contributed by atoms with van der Waals surface area (Å²) in [6, 6.07) is 8.57. The zero-order valence-electron chi connectivity index (χ0n) is 29.2. The minimum atomic E-state index is -0.885. The highest BCUT2D eigenvalue weighted by atomic mass is 16.7. The lowest BCUT2D eigenvalue weighted by atomic mass is 10.1. The van der Waals surface area contributed by atoms with Gasteiger partial charge in [0, 0.05) is 20.3 Å². The molecule has 15 heteroatoms. The molecule has 0 spiro atoms. The Morgan fingerprint density at radius 1 is 0.708 bits per heavy atom. The fourth-order valence-electron chi connectivity index (χ4n) is 5.15. The van der Waals surface area contributed by atoms with E-state index in [1.807, 2.05) is 30.3 Å². The van der Waals surface area contributed by atoms with Crippen LogP contribution in [0.25, 0.3) is 0 Å². The van der Waals surface area contributed by atoms with Crippen LogP contribution in [0.5, 0.6) is 0 Å². The van der Waals surface area contributed by atoms with Crippen LogP contribution in [0.1, 0.15) is 72.8 Å². The Labute approximate surface area is 282 Å². The molecule has 272 valence electrons. The van der Waals surface area contributed by atoms with E-state index in [4.69, 9.17) is 38.3 Å². The number of hydrogen-bond donors (Lipinski definition) is 4. The molecule has 0 saturated heterocycles. The van der Waals surface area contributed by atoms with E-state index in [1.54, 1.807) is 41.5 Å². The van der Waals surface area contributed by atoms with E-state index in [1.165, 1.54) is 14.2 Å². The number of carboxylic acids is 1. The lowest BCUT2D eigenvalue weighted by molar-refractivity contribution is -0.142. The molecule has 0 heterocycles. The Kier molecular flexibility index (Phi) is 16.3. The number of alkyl carbamates (subject to hydrolysis) is 3. The lowest BCUT2D eigenvalue weighted by Gasteiger charge is -2.24. The topological polar surface area (TPSA) is 189 Å². The number of benzene rings is 1. The number of carbonyl (C=O) groups is 4. The van der Waals surface area contributed by atoms with Crippen LogP contribution in [0.2, 0.25) is 0 Å². The summed E-state index contributed by atoms with van der Waals surface area (Å²) in [6.45, 7) is 11.0. The molecule has 0 radical (unpaired) electrons. The summed E-state index contributed by atoms with van der Waals surface area (Å²) in [5.41, 5.74) is -0.280. The number of ether oxygens (including phenoxy) is 7. The van der Waals surface area contributed by atoms with E-state index in [0.29, 0.717) is 25.7 Å². The second kappa shape index (κ2) is 19.4. The van der Waals surface area contributed by atoms with Crippen molar-refractivity contribution < 1.29 is 57.4 Å². The summed E-state index contributed by atoms with van der Waals surface area (Å²) in [5.74, 6) is -1.42. The van der Waals surface area contributed by atoms with Gasteiger partial charge in [-0.1, -0.05) is 30.3 Å². The van der Waals surface area contributed by atoms with Gasteiger partial charge in [-0.3, -0.25) is 4.79 Å². The van der Waals surface area contributed by atoms with Crippen LogP contribution >= 0.6 is 0 Å². The van der Waals surface area contributed by atoms with Crippen LogP contribution in [-0.4, -0.2) is 98.7 Å². The molecule has 0 bridgehead atoms. The largest absolute Gasteiger partial charge is 0.481 e. The van der Waals surface area contributed by atoms with Crippen LogP contribution in [0.15, 0.2) is 30.3 Å². The maximum Gasteiger partial charge on any atom is 0.407 e. The van der Waals surface area contributed by atoms with Gasteiger partial charge in [0.2, 0.25) is 0 Å². The van der Waals surface area contributed by atoms with Crippen molar-refractivity contribution in [3.63, 3.8) is 0 Å². The highest BCUT2D eigenvalue weighted by Gasteiger charge is 2.40. The van der Waals surface area contributed by atoms with E-state index in [2.05, 4.69) is 16.0 Å².